The third-order valence-corrected chi connectivity index (χ3v) is 3.84. The van der Waals surface area contributed by atoms with E-state index in [1.165, 1.54) is 0 Å². The normalized spacial score (nSPS) is 18.0. The summed E-state index contributed by atoms with van der Waals surface area (Å²) in [5.74, 6) is 0.796. The second-order valence-electron chi connectivity index (χ2n) is 5.33. The van der Waals surface area contributed by atoms with Gasteiger partial charge in [0.2, 0.25) is 5.91 Å². The molecule has 0 aliphatic heterocycles. The van der Waals surface area contributed by atoms with E-state index in [-0.39, 0.29) is 5.91 Å². The minimum atomic E-state index is -0.659. The van der Waals surface area contributed by atoms with Crippen LogP contribution >= 0.6 is 0 Å². The van der Waals surface area contributed by atoms with Crippen LogP contribution in [0.2, 0.25) is 0 Å². The zero-order valence-corrected chi connectivity index (χ0v) is 11.3. The molecule has 5 nitrogen and oxygen atoms in total. The Morgan fingerprint density at radius 2 is 2.06 bits per heavy atom. The van der Waals surface area contributed by atoms with Crippen molar-refractivity contribution in [2.75, 3.05) is 7.05 Å². The van der Waals surface area contributed by atoms with E-state index in [1.807, 2.05) is 13.8 Å². The largest absolute Gasteiger partial charge is 0.361 e. The Labute approximate surface area is 107 Å². The molecule has 1 aliphatic carbocycles. The second kappa shape index (κ2) is 4.72. The minimum absolute atomic E-state index is 0.0278. The molecule has 0 radical (unpaired) electrons. The number of hydrogen-bond acceptors (Lipinski definition) is 4. The van der Waals surface area contributed by atoms with Gasteiger partial charge in [0.25, 0.3) is 0 Å². The molecular weight excluding hydrogens is 230 g/mol. The highest BCUT2D eigenvalue weighted by molar-refractivity contribution is 5.86. The number of nitrogens with two attached hydrogens (primary N) is 1. The number of rotatable bonds is 3. The number of likely N-dealkylation sites (N-methyl/N-ethyl adjacent to an activating group) is 1. The lowest BCUT2D eigenvalue weighted by atomic mass is 9.97. The molecule has 2 rings (SSSR count). The van der Waals surface area contributed by atoms with Crippen LogP contribution < -0.4 is 5.73 Å². The average Bonchev–Trinajstić information content (AvgIpc) is 2.90. The first-order valence-corrected chi connectivity index (χ1v) is 6.40. The molecule has 0 bridgehead atoms. The van der Waals surface area contributed by atoms with Crippen molar-refractivity contribution in [2.45, 2.75) is 51.6 Å². The first-order valence-electron chi connectivity index (χ1n) is 6.40. The Balaban J connectivity index is 2.08. The summed E-state index contributed by atoms with van der Waals surface area (Å²) in [6.45, 7) is 4.26. The zero-order valence-electron chi connectivity index (χ0n) is 11.3. The summed E-state index contributed by atoms with van der Waals surface area (Å²) >= 11 is 0. The third kappa shape index (κ3) is 2.27. The van der Waals surface area contributed by atoms with Crippen molar-refractivity contribution < 1.29 is 9.32 Å². The Morgan fingerprint density at radius 1 is 1.44 bits per heavy atom. The summed E-state index contributed by atoms with van der Waals surface area (Å²) in [6, 6.07) is 0. The smallest absolute Gasteiger partial charge is 0.242 e. The van der Waals surface area contributed by atoms with Gasteiger partial charge in [0, 0.05) is 12.6 Å². The van der Waals surface area contributed by atoms with Crippen LogP contribution in [-0.2, 0) is 11.3 Å². The fraction of sp³-hybridized carbons (Fsp3) is 0.692. The van der Waals surface area contributed by atoms with Crippen LogP contribution in [0.25, 0.3) is 0 Å². The number of aryl methyl sites for hydroxylation is 2. The van der Waals surface area contributed by atoms with Gasteiger partial charge in [-0.15, -0.1) is 0 Å². The van der Waals surface area contributed by atoms with Gasteiger partial charge in [-0.1, -0.05) is 18.0 Å². The van der Waals surface area contributed by atoms with Gasteiger partial charge >= 0.3 is 0 Å². The maximum atomic E-state index is 12.4. The van der Waals surface area contributed by atoms with Crippen LogP contribution in [0.5, 0.6) is 0 Å². The lowest BCUT2D eigenvalue weighted by Crippen LogP contribution is -2.52. The second-order valence-corrected chi connectivity index (χ2v) is 5.33. The van der Waals surface area contributed by atoms with E-state index in [0.29, 0.717) is 6.54 Å². The van der Waals surface area contributed by atoms with Crippen LogP contribution in [0.3, 0.4) is 0 Å². The summed E-state index contributed by atoms with van der Waals surface area (Å²) in [6.07, 6.45) is 3.67. The molecular formula is C13H21N3O2. The monoisotopic (exact) mass is 251 g/mol. The molecule has 100 valence electrons. The van der Waals surface area contributed by atoms with E-state index in [2.05, 4.69) is 5.16 Å². The van der Waals surface area contributed by atoms with E-state index in [1.54, 1.807) is 11.9 Å². The van der Waals surface area contributed by atoms with Crippen LogP contribution in [0.4, 0.5) is 0 Å². The Morgan fingerprint density at radius 3 is 2.56 bits per heavy atom. The van der Waals surface area contributed by atoms with E-state index in [9.17, 15) is 4.79 Å². The van der Waals surface area contributed by atoms with Gasteiger partial charge in [0.05, 0.1) is 17.8 Å². The van der Waals surface area contributed by atoms with Crippen molar-refractivity contribution in [3.63, 3.8) is 0 Å². The topological polar surface area (TPSA) is 72.4 Å². The maximum Gasteiger partial charge on any atom is 0.242 e. The molecule has 1 fully saturated rings. The SMILES string of the molecule is Cc1noc(C)c1CN(C)C(=O)C1(N)CCCC1. The van der Waals surface area contributed by atoms with Crippen LogP contribution in [0.15, 0.2) is 4.52 Å². The zero-order chi connectivity index (χ0) is 13.3. The number of carbonyl (C=O) groups is 1. The molecule has 0 aromatic carbocycles. The van der Waals surface area contributed by atoms with Gasteiger partial charge in [-0.2, -0.15) is 0 Å². The first-order chi connectivity index (χ1) is 8.44. The van der Waals surface area contributed by atoms with Crippen molar-refractivity contribution in [1.82, 2.24) is 10.1 Å². The number of nitrogens with zero attached hydrogens (tertiary/aromatic N) is 2. The molecule has 0 saturated heterocycles. The first kappa shape index (κ1) is 13.1. The highest BCUT2D eigenvalue weighted by Gasteiger charge is 2.39. The summed E-state index contributed by atoms with van der Waals surface area (Å²) in [5, 5.41) is 3.90. The third-order valence-electron chi connectivity index (χ3n) is 3.84. The summed E-state index contributed by atoms with van der Waals surface area (Å²) in [5.41, 5.74) is 7.34. The number of hydrogen-bond donors (Lipinski definition) is 1. The van der Waals surface area contributed by atoms with Crippen LogP contribution in [0, 0.1) is 13.8 Å². The predicted molar refractivity (Wildman–Crippen MR) is 67.8 cm³/mol. The lowest BCUT2D eigenvalue weighted by molar-refractivity contribution is -0.136. The number of amides is 1. The molecule has 0 spiro atoms. The molecule has 0 atom stereocenters. The van der Waals surface area contributed by atoms with Crippen molar-refractivity contribution in [1.29, 1.82) is 0 Å². The highest BCUT2D eigenvalue weighted by Crippen LogP contribution is 2.29. The average molecular weight is 251 g/mol. The molecule has 1 aromatic heterocycles. The summed E-state index contributed by atoms with van der Waals surface area (Å²) < 4.78 is 5.11. The molecule has 1 aromatic rings. The van der Waals surface area contributed by atoms with Gasteiger partial charge in [0.1, 0.15) is 5.76 Å². The molecule has 18 heavy (non-hydrogen) atoms. The van der Waals surface area contributed by atoms with Crippen LogP contribution in [0.1, 0.15) is 42.7 Å². The summed E-state index contributed by atoms with van der Waals surface area (Å²) in [7, 11) is 1.79. The molecule has 5 heteroatoms. The van der Waals surface area contributed by atoms with Crippen molar-refractivity contribution >= 4 is 5.91 Å². The summed E-state index contributed by atoms with van der Waals surface area (Å²) in [4.78, 5) is 14.1. The van der Waals surface area contributed by atoms with Crippen LogP contribution in [-0.4, -0.2) is 28.6 Å². The van der Waals surface area contributed by atoms with E-state index < -0.39 is 5.54 Å². The fourth-order valence-corrected chi connectivity index (χ4v) is 2.64. The van der Waals surface area contributed by atoms with E-state index in [0.717, 1.165) is 42.7 Å². The van der Waals surface area contributed by atoms with Crippen molar-refractivity contribution in [3.8, 4) is 0 Å². The van der Waals surface area contributed by atoms with Gasteiger partial charge < -0.3 is 15.2 Å². The molecule has 2 N–H and O–H groups in total. The van der Waals surface area contributed by atoms with Gasteiger partial charge in [-0.25, -0.2) is 0 Å². The highest BCUT2D eigenvalue weighted by atomic mass is 16.5. The molecule has 1 aliphatic rings. The predicted octanol–water partition coefficient (Wildman–Crippen LogP) is 1.52. The molecule has 1 saturated carbocycles. The number of aromatic nitrogens is 1. The quantitative estimate of drug-likeness (QED) is 0.884. The standard InChI is InChI=1S/C13H21N3O2/c1-9-11(10(2)18-15-9)8-16(3)12(17)13(14)6-4-5-7-13/h4-8,14H2,1-3H3. The van der Waals surface area contributed by atoms with E-state index in [4.69, 9.17) is 10.3 Å². The van der Waals surface area contributed by atoms with Crippen molar-refractivity contribution in [3.05, 3.63) is 17.0 Å². The Bertz CT molecular complexity index is 428. The Kier molecular flexibility index (Phi) is 3.43. The van der Waals surface area contributed by atoms with E-state index >= 15 is 0 Å². The molecule has 1 amide bonds. The van der Waals surface area contributed by atoms with Gasteiger partial charge in [0.15, 0.2) is 0 Å². The van der Waals surface area contributed by atoms with Gasteiger partial charge in [-0.05, 0) is 26.7 Å². The Hall–Kier alpha value is -1.36. The maximum absolute atomic E-state index is 12.4. The fourth-order valence-electron chi connectivity index (χ4n) is 2.64. The number of carbonyl (C=O) groups excluding carboxylic acids is 1. The molecule has 0 unspecified atom stereocenters. The minimum Gasteiger partial charge on any atom is -0.361 e. The van der Waals surface area contributed by atoms with Gasteiger partial charge in [-0.3, -0.25) is 4.79 Å². The van der Waals surface area contributed by atoms with Crippen molar-refractivity contribution in [2.24, 2.45) is 5.73 Å². The molecule has 1 heterocycles. The lowest BCUT2D eigenvalue weighted by Gasteiger charge is -2.28.